The number of hydrogen-bond donors (Lipinski definition) is 0. The summed E-state index contributed by atoms with van der Waals surface area (Å²) in [4.78, 5) is 2.83. The molecule has 7 heteroatoms. The number of thiocarbonyl (C=S) groups is 1. The number of nitrogens with zero attached hydrogens (tertiary/aromatic N) is 2. The molecule has 5 nitrogen and oxygen atoms in total. The Hall–Kier alpha value is -1.18. The lowest BCUT2D eigenvalue weighted by Crippen LogP contribution is -2.50. The van der Waals surface area contributed by atoms with Crippen molar-refractivity contribution in [2.75, 3.05) is 39.0 Å². The molecule has 0 radical (unpaired) electrons. The lowest BCUT2D eigenvalue weighted by atomic mass is 10.2. The molecule has 2 rings (SSSR count). The highest BCUT2D eigenvalue weighted by atomic mass is 32.2. The summed E-state index contributed by atoms with van der Waals surface area (Å²) in [5.41, 5.74) is 0.961. The second kappa shape index (κ2) is 8.08. The van der Waals surface area contributed by atoms with Crippen molar-refractivity contribution in [1.29, 1.82) is 0 Å². The van der Waals surface area contributed by atoms with Gasteiger partial charge in [0, 0.05) is 31.7 Å². The molecule has 0 unspecified atom stereocenters. The number of methoxy groups -OCH3 is 1. The molecule has 1 fully saturated rings. The van der Waals surface area contributed by atoms with Gasteiger partial charge in [0.2, 0.25) is 10.0 Å². The fourth-order valence-corrected chi connectivity index (χ4v) is 4.49. The van der Waals surface area contributed by atoms with Gasteiger partial charge in [-0.3, -0.25) is 0 Å². The number of hydrogen-bond acceptors (Lipinski definition) is 4. The number of benzene rings is 1. The Morgan fingerprint density at radius 2 is 1.78 bits per heavy atom. The molecule has 1 aliphatic heterocycles. The number of piperazine rings is 1. The van der Waals surface area contributed by atoms with E-state index in [0.29, 0.717) is 32.6 Å². The maximum atomic E-state index is 12.2. The first-order valence-electron chi connectivity index (χ1n) is 7.89. The van der Waals surface area contributed by atoms with Crippen molar-refractivity contribution >= 4 is 27.2 Å². The van der Waals surface area contributed by atoms with E-state index in [-0.39, 0.29) is 5.75 Å². The van der Waals surface area contributed by atoms with E-state index >= 15 is 0 Å². The van der Waals surface area contributed by atoms with Gasteiger partial charge in [0.15, 0.2) is 0 Å². The lowest BCUT2D eigenvalue weighted by Gasteiger charge is -2.35. The molecule has 0 amide bonds. The second-order valence-electron chi connectivity index (χ2n) is 5.59. The van der Waals surface area contributed by atoms with Crippen LogP contribution in [0.15, 0.2) is 24.3 Å². The molecule has 0 spiro atoms. The average molecular weight is 357 g/mol. The van der Waals surface area contributed by atoms with Crippen molar-refractivity contribution in [2.24, 2.45) is 0 Å². The minimum atomic E-state index is -3.12. The molecule has 1 heterocycles. The fraction of sp³-hybridized carbons (Fsp3) is 0.562. The van der Waals surface area contributed by atoms with E-state index in [0.717, 1.165) is 22.7 Å². The Morgan fingerprint density at radius 3 is 2.30 bits per heavy atom. The maximum absolute atomic E-state index is 12.2. The third-order valence-electron chi connectivity index (χ3n) is 4.01. The molecule has 0 saturated carbocycles. The summed E-state index contributed by atoms with van der Waals surface area (Å²) in [6, 6.07) is 7.64. The van der Waals surface area contributed by atoms with Crippen LogP contribution in [0.2, 0.25) is 0 Å². The Labute approximate surface area is 144 Å². The van der Waals surface area contributed by atoms with E-state index in [4.69, 9.17) is 17.0 Å². The molecule has 0 atom stereocenters. The molecular weight excluding hydrogens is 332 g/mol. The maximum Gasteiger partial charge on any atom is 0.214 e. The van der Waals surface area contributed by atoms with Crippen LogP contribution in [-0.4, -0.2) is 61.7 Å². The fourth-order valence-electron chi connectivity index (χ4n) is 2.54. The quantitative estimate of drug-likeness (QED) is 0.731. The van der Waals surface area contributed by atoms with Gasteiger partial charge >= 0.3 is 0 Å². The number of ether oxygens (including phenoxy) is 1. The van der Waals surface area contributed by atoms with Crippen LogP contribution in [0.25, 0.3) is 0 Å². The van der Waals surface area contributed by atoms with Gasteiger partial charge in [-0.25, -0.2) is 8.42 Å². The Balaban J connectivity index is 1.94. The van der Waals surface area contributed by atoms with Gasteiger partial charge in [0.25, 0.3) is 0 Å². The van der Waals surface area contributed by atoms with Crippen LogP contribution >= 0.6 is 12.2 Å². The SMILES string of the molecule is CCCCS(=O)(=O)N1CCN(C(=S)c2ccc(OC)cc2)CC1. The summed E-state index contributed by atoms with van der Waals surface area (Å²) in [6.07, 6.45) is 1.60. The third kappa shape index (κ3) is 4.65. The summed E-state index contributed by atoms with van der Waals surface area (Å²) < 4.78 is 31.2. The zero-order valence-electron chi connectivity index (χ0n) is 13.7. The van der Waals surface area contributed by atoms with Crippen LogP contribution in [0.4, 0.5) is 0 Å². The minimum Gasteiger partial charge on any atom is -0.497 e. The van der Waals surface area contributed by atoms with Crippen LogP contribution in [-0.2, 0) is 10.0 Å². The monoisotopic (exact) mass is 356 g/mol. The van der Waals surface area contributed by atoms with E-state index in [1.807, 2.05) is 31.2 Å². The van der Waals surface area contributed by atoms with Gasteiger partial charge in [-0.1, -0.05) is 25.6 Å². The summed E-state index contributed by atoms with van der Waals surface area (Å²) in [7, 11) is -1.49. The average Bonchev–Trinajstić information content (AvgIpc) is 2.59. The molecule has 1 aliphatic rings. The molecular formula is C16H24N2O3S2. The van der Waals surface area contributed by atoms with Crippen molar-refractivity contribution in [3.05, 3.63) is 29.8 Å². The summed E-state index contributed by atoms with van der Waals surface area (Å²) in [5.74, 6) is 1.04. The van der Waals surface area contributed by atoms with Crippen LogP contribution in [0, 0.1) is 0 Å². The predicted octanol–water partition coefficient (Wildman–Crippen LogP) is 2.12. The molecule has 23 heavy (non-hydrogen) atoms. The molecule has 0 bridgehead atoms. The van der Waals surface area contributed by atoms with Crippen molar-refractivity contribution in [3.63, 3.8) is 0 Å². The standard InChI is InChI=1S/C16H24N2O3S2/c1-3-4-13-23(19,20)18-11-9-17(10-12-18)16(22)14-5-7-15(21-2)8-6-14/h5-8H,3-4,9-13H2,1-2H3. The first kappa shape index (κ1) is 18.2. The number of unbranched alkanes of at least 4 members (excludes halogenated alkanes) is 1. The van der Waals surface area contributed by atoms with Gasteiger partial charge in [-0.15, -0.1) is 0 Å². The summed E-state index contributed by atoms with van der Waals surface area (Å²) in [5, 5.41) is 0. The molecule has 0 aliphatic carbocycles. The molecule has 1 aromatic carbocycles. The van der Waals surface area contributed by atoms with E-state index < -0.39 is 10.0 Å². The van der Waals surface area contributed by atoms with Crippen molar-refractivity contribution < 1.29 is 13.2 Å². The van der Waals surface area contributed by atoms with Crippen LogP contribution in [0.3, 0.4) is 0 Å². The molecule has 1 saturated heterocycles. The largest absolute Gasteiger partial charge is 0.497 e. The first-order chi connectivity index (χ1) is 11.0. The van der Waals surface area contributed by atoms with Gasteiger partial charge in [0.05, 0.1) is 12.9 Å². The highest BCUT2D eigenvalue weighted by Gasteiger charge is 2.27. The normalized spacial score (nSPS) is 16.3. The van der Waals surface area contributed by atoms with Crippen LogP contribution < -0.4 is 4.74 Å². The predicted molar refractivity (Wildman–Crippen MR) is 96.5 cm³/mol. The van der Waals surface area contributed by atoms with Gasteiger partial charge in [-0.05, 0) is 30.7 Å². The zero-order chi connectivity index (χ0) is 16.9. The first-order valence-corrected chi connectivity index (χ1v) is 9.91. The Kier molecular flexibility index (Phi) is 6.38. The molecule has 0 aromatic heterocycles. The number of sulfonamides is 1. The Morgan fingerprint density at radius 1 is 1.17 bits per heavy atom. The van der Waals surface area contributed by atoms with E-state index in [1.54, 1.807) is 11.4 Å². The zero-order valence-corrected chi connectivity index (χ0v) is 15.3. The van der Waals surface area contributed by atoms with Crippen LogP contribution in [0.1, 0.15) is 25.3 Å². The highest BCUT2D eigenvalue weighted by molar-refractivity contribution is 7.89. The highest BCUT2D eigenvalue weighted by Crippen LogP contribution is 2.16. The van der Waals surface area contributed by atoms with Gasteiger partial charge in [-0.2, -0.15) is 4.31 Å². The molecule has 1 aromatic rings. The van der Waals surface area contributed by atoms with Gasteiger partial charge in [0.1, 0.15) is 10.7 Å². The van der Waals surface area contributed by atoms with E-state index in [9.17, 15) is 8.42 Å². The minimum absolute atomic E-state index is 0.242. The molecule has 128 valence electrons. The second-order valence-corrected chi connectivity index (χ2v) is 8.06. The van der Waals surface area contributed by atoms with Crippen molar-refractivity contribution in [1.82, 2.24) is 9.21 Å². The van der Waals surface area contributed by atoms with Crippen molar-refractivity contribution in [3.8, 4) is 5.75 Å². The van der Waals surface area contributed by atoms with E-state index in [1.165, 1.54) is 0 Å². The summed E-state index contributed by atoms with van der Waals surface area (Å²) >= 11 is 5.54. The summed E-state index contributed by atoms with van der Waals surface area (Å²) in [6.45, 7) is 4.28. The molecule has 0 N–H and O–H groups in total. The van der Waals surface area contributed by atoms with Crippen LogP contribution in [0.5, 0.6) is 5.75 Å². The van der Waals surface area contributed by atoms with E-state index in [2.05, 4.69) is 4.90 Å². The Bertz CT molecular complexity index is 621. The topological polar surface area (TPSA) is 49.9 Å². The van der Waals surface area contributed by atoms with Crippen molar-refractivity contribution in [2.45, 2.75) is 19.8 Å². The lowest BCUT2D eigenvalue weighted by molar-refractivity contribution is 0.269. The third-order valence-corrected chi connectivity index (χ3v) is 6.46. The van der Waals surface area contributed by atoms with Gasteiger partial charge < -0.3 is 9.64 Å². The number of rotatable bonds is 6. The smallest absolute Gasteiger partial charge is 0.214 e.